The minimum Gasteiger partial charge on any atom is -0.444 e. The Morgan fingerprint density at radius 2 is 2.00 bits per heavy atom. The van der Waals surface area contributed by atoms with E-state index in [-0.39, 0.29) is 0 Å². The Balaban J connectivity index is 2.10. The molecule has 0 radical (unpaired) electrons. The fourth-order valence-electron chi connectivity index (χ4n) is 1.51. The number of carbonyl (C=O) groups is 1. The molecular formula is C16H25N3O2. The van der Waals surface area contributed by atoms with Crippen molar-refractivity contribution in [3.05, 3.63) is 41.7 Å². The standard InChI is InChI=1S/C16H25N3O2/c1-13-7-8-14(19-11-13)12-17-9-5-6-10-18-15(20)21-16(2,3)4/h5-8,11,17H,9-10,12H2,1-4H3,(H,18,20)/b6-5+. The Morgan fingerprint density at radius 1 is 1.29 bits per heavy atom. The molecule has 0 aliphatic heterocycles. The zero-order valence-corrected chi connectivity index (χ0v) is 13.3. The van der Waals surface area contributed by atoms with Gasteiger partial charge >= 0.3 is 6.09 Å². The average Bonchev–Trinajstić information content (AvgIpc) is 2.37. The molecule has 21 heavy (non-hydrogen) atoms. The summed E-state index contributed by atoms with van der Waals surface area (Å²) in [5.41, 5.74) is 1.71. The number of alkyl carbamates (subject to hydrolysis) is 1. The highest BCUT2D eigenvalue weighted by Gasteiger charge is 2.14. The molecule has 5 nitrogen and oxygen atoms in total. The topological polar surface area (TPSA) is 63.2 Å². The number of aromatic nitrogens is 1. The third-order valence-electron chi connectivity index (χ3n) is 2.47. The van der Waals surface area contributed by atoms with E-state index in [0.29, 0.717) is 6.54 Å². The fraction of sp³-hybridized carbons (Fsp3) is 0.500. The van der Waals surface area contributed by atoms with Crippen LogP contribution in [0, 0.1) is 6.92 Å². The Hall–Kier alpha value is -1.88. The smallest absolute Gasteiger partial charge is 0.407 e. The van der Waals surface area contributed by atoms with Crippen LogP contribution in [-0.4, -0.2) is 29.8 Å². The van der Waals surface area contributed by atoms with Crippen LogP contribution in [0.3, 0.4) is 0 Å². The molecule has 0 unspecified atom stereocenters. The number of hydrogen-bond acceptors (Lipinski definition) is 4. The summed E-state index contributed by atoms with van der Waals surface area (Å²) in [6.07, 6.45) is 5.31. The van der Waals surface area contributed by atoms with Crippen LogP contribution in [0.15, 0.2) is 30.5 Å². The van der Waals surface area contributed by atoms with Gasteiger partial charge in [-0.1, -0.05) is 18.2 Å². The molecule has 0 aliphatic carbocycles. The van der Waals surface area contributed by atoms with Crippen molar-refractivity contribution in [3.8, 4) is 0 Å². The number of rotatable bonds is 6. The number of hydrogen-bond donors (Lipinski definition) is 2. The van der Waals surface area contributed by atoms with Gasteiger partial charge in [0.1, 0.15) is 5.60 Å². The highest BCUT2D eigenvalue weighted by molar-refractivity contribution is 5.67. The molecule has 0 spiro atoms. The summed E-state index contributed by atoms with van der Waals surface area (Å²) < 4.78 is 5.13. The molecule has 0 bridgehead atoms. The summed E-state index contributed by atoms with van der Waals surface area (Å²) in [4.78, 5) is 15.7. The van der Waals surface area contributed by atoms with E-state index in [2.05, 4.69) is 15.6 Å². The first-order chi connectivity index (χ1) is 9.87. The molecule has 0 aromatic carbocycles. The fourth-order valence-corrected chi connectivity index (χ4v) is 1.51. The van der Waals surface area contributed by atoms with E-state index < -0.39 is 11.7 Å². The van der Waals surface area contributed by atoms with Crippen molar-refractivity contribution in [3.63, 3.8) is 0 Å². The largest absolute Gasteiger partial charge is 0.444 e. The van der Waals surface area contributed by atoms with Gasteiger partial charge in [0.05, 0.1) is 5.69 Å². The minimum absolute atomic E-state index is 0.399. The molecule has 1 heterocycles. The number of aryl methyl sites for hydroxylation is 1. The lowest BCUT2D eigenvalue weighted by molar-refractivity contribution is 0.0534. The predicted molar refractivity (Wildman–Crippen MR) is 84.1 cm³/mol. The van der Waals surface area contributed by atoms with Gasteiger partial charge in [-0.2, -0.15) is 0 Å². The molecule has 116 valence electrons. The normalized spacial score (nSPS) is 11.6. The number of nitrogens with one attached hydrogen (secondary N) is 2. The van der Waals surface area contributed by atoms with Crippen molar-refractivity contribution in [2.24, 2.45) is 0 Å². The molecule has 1 rings (SSSR count). The van der Waals surface area contributed by atoms with Gasteiger partial charge in [-0.3, -0.25) is 4.98 Å². The zero-order chi connectivity index (χ0) is 15.7. The summed E-state index contributed by atoms with van der Waals surface area (Å²) in [7, 11) is 0. The van der Waals surface area contributed by atoms with Crippen molar-refractivity contribution in [1.29, 1.82) is 0 Å². The highest BCUT2D eigenvalue weighted by Crippen LogP contribution is 2.06. The van der Waals surface area contributed by atoms with Gasteiger partial charge in [-0.25, -0.2) is 4.79 Å². The van der Waals surface area contributed by atoms with E-state index >= 15 is 0 Å². The van der Waals surface area contributed by atoms with E-state index in [0.717, 1.165) is 24.3 Å². The van der Waals surface area contributed by atoms with Gasteiger partial charge in [-0.05, 0) is 39.3 Å². The molecule has 0 saturated heterocycles. The lowest BCUT2D eigenvalue weighted by Gasteiger charge is -2.19. The number of amides is 1. The first kappa shape index (κ1) is 17.2. The van der Waals surface area contributed by atoms with Gasteiger partial charge in [0.15, 0.2) is 0 Å². The maximum atomic E-state index is 11.4. The van der Waals surface area contributed by atoms with E-state index in [1.54, 1.807) is 0 Å². The molecule has 0 saturated carbocycles. The summed E-state index contributed by atoms with van der Waals surface area (Å²) in [5.74, 6) is 0. The highest BCUT2D eigenvalue weighted by atomic mass is 16.6. The molecule has 1 amide bonds. The minimum atomic E-state index is -0.462. The van der Waals surface area contributed by atoms with Crippen molar-refractivity contribution in [2.75, 3.05) is 13.1 Å². The first-order valence-corrected chi connectivity index (χ1v) is 7.11. The third-order valence-corrected chi connectivity index (χ3v) is 2.47. The van der Waals surface area contributed by atoms with Crippen molar-refractivity contribution in [2.45, 2.75) is 39.8 Å². The van der Waals surface area contributed by atoms with Gasteiger partial charge in [0.2, 0.25) is 0 Å². The Kier molecular flexibility index (Phi) is 6.88. The Bertz CT molecular complexity index is 461. The average molecular weight is 291 g/mol. The molecule has 0 fully saturated rings. The Morgan fingerprint density at radius 3 is 2.62 bits per heavy atom. The summed E-state index contributed by atoms with van der Waals surface area (Å²) in [6.45, 7) is 9.45. The molecule has 1 aromatic heterocycles. The van der Waals surface area contributed by atoms with Gasteiger partial charge in [0.25, 0.3) is 0 Å². The SMILES string of the molecule is Cc1ccc(CNC/C=C/CNC(=O)OC(C)(C)C)nc1. The van der Waals surface area contributed by atoms with Crippen LogP contribution in [0.25, 0.3) is 0 Å². The van der Waals surface area contributed by atoms with Crippen LogP contribution in [0.4, 0.5) is 4.79 Å². The summed E-state index contributed by atoms with van der Waals surface area (Å²) in [6, 6.07) is 4.06. The van der Waals surface area contributed by atoms with Crippen LogP contribution >= 0.6 is 0 Å². The third kappa shape index (κ3) is 8.81. The van der Waals surface area contributed by atoms with Crippen molar-refractivity contribution >= 4 is 6.09 Å². The lowest BCUT2D eigenvalue weighted by atomic mass is 10.2. The lowest BCUT2D eigenvalue weighted by Crippen LogP contribution is -2.32. The molecule has 5 heteroatoms. The van der Waals surface area contributed by atoms with Crippen LogP contribution in [0.5, 0.6) is 0 Å². The summed E-state index contributed by atoms with van der Waals surface area (Å²) in [5, 5.41) is 5.92. The van der Waals surface area contributed by atoms with Crippen LogP contribution < -0.4 is 10.6 Å². The van der Waals surface area contributed by atoms with Crippen LogP contribution in [-0.2, 0) is 11.3 Å². The van der Waals surface area contributed by atoms with E-state index in [1.165, 1.54) is 0 Å². The van der Waals surface area contributed by atoms with Crippen LogP contribution in [0.1, 0.15) is 32.0 Å². The maximum absolute atomic E-state index is 11.4. The second-order valence-electron chi connectivity index (χ2n) is 5.81. The molecule has 0 atom stereocenters. The number of pyridine rings is 1. The monoisotopic (exact) mass is 291 g/mol. The van der Waals surface area contributed by atoms with E-state index in [4.69, 9.17) is 4.74 Å². The van der Waals surface area contributed by atoms with Crippen LogP contribution in [0.2, 0.25) is 0 Å². The van der Waals surface area contributed by atoms with Crippen molar-refractivity contribution in [1.82, 2.24) is 15.6 Å². The van der Waals surface area contributed by atoms with Gasteiger partial charge in [-0.15, -0.1) is 0 Å². The second-order valence-corrected chi connectivity index (χ2v) is 5.81. The van der Waals surface area contributed by atoms with E-state index in [9.17, 15) is 4.79 Å². The molecule has 0 aliphatic rings. The molecule has 1 aromatic rings. The first-order valence-electron chi connectivity index (χ1n) is 7.11. The number of ether oxygens (including phenoxy) is 1. The zero-order valence-electron chi connectivity index (χ0n) is 13.3. The van der Waals surface area contributed by atoms with Crippen molar-refractivity contribution < 1.29 is 9.53 Å². The molecular weight excluding hydrogens is 266 g/mol. The summed E-state index contributed by atoms with van der Waals surface area (Å²) >= 11 is 0. The molecule has 2 N–H and O–H groups in total. The maximum Gasteiger partial charge on any atom is 0.407 e. The van der Waals surface area contributed by atoms with Gasteiger partial charge < -0.3 is 15.4 Å². The van der Waals surface area contributed by atoms with Gasteiger partial charge in [0, 0.05) is 25.8 Å². The predicted octanol–water partition coefficient (Wildman–Crippen LogP) is 2.56. The Labute approximate surface area is 126 Å². The quantitative estimate of drug-likeness (QED) is 0.624. The number of carbonyl (C=O) groups excluding carboxylic acids is 1. The second kappa shape index (κ2) is 8.42. The van der Waals surface area contributed by atoms with E-state index in [1.807, 2.05) is 58.2 Å². The number of nitrogens with zero attached hydrogens (tertiary/aromatic N) is 1.